The third kappa shape index (κ3) is 4.11. The highest BCUT2D eigenvalue weighted by Gasteiger charge is 2.37. The first-order valence-electron chi connectivity index (χ1n) is 10.2. The molecule has 1 fully saturated rings. The van der Waals surface area contributed by atoms with E-state index in [9.17, 15) is 9.59 Å². The summed E-state index contributed by atoms with van der Waals surface area (Å²) in [4.78, 5) is 29.0. The van der Waals surface area contributed by atoms with Crippen LogP contribution in [0, 0.1) is 0 Å². The maximum Gasteiger partial charge on any atom is 0.279 e. The van der Waals surface area contributed by atoms with Gasteiger partial charge in [-0.1, -0.05) is 23.7 Å². The van der Waals surface area contributed by atoms with Crippen LogP contribution in [0.4, 0.5) is 0 Å². The molecule has 1 aliphatic carbocycles. The fourth-order valence-corrected chi connectivity index (χ4v) is 4.61. The number of rotatable bonds is 5. The molecule has 0 spiro atoms. The summed E-state index contributed by atoms with van der Waals surface area (Å²) in [6.07, 6.45) is 6.26. The molecule has 1 amide bonds. The van der Waals surface area contributed by atoms with Crippen molar-refractivity contribution in [1.82, 2.24) is 14.8 Å². The molecule has 7 nitrogen and oxygen atoms in total. The zero-order valence-electron chi connectivity index (χ0n) is 17.0. The smallest absolute Gasteiger partial charge is 0.279 e. The predicted molar refractivity (Wildman–Crippen MR) is 120 cm³/mol. The van der Waals surface area contributed by atoms with Gasteiger partial charge >= 0.3 is 0 Å². The molecule has 0 aliphatic heterocycles. The van der Waals surface area contributed by atoms with Crippen LogP contribution in [0.2, 0.25) is 5.02 Å². The third-order valence-electron chi connectivity index (χ3n) is 6.24. The van der Waals surface area contributed by atoms with Crippen LogP contribution in [0.15, 0.2) is 59.7 Å². The van der Waals surface area contributed by atoms with Gasteiger partial charge in [-0.3, -0.25) is 14.6 Å². The van der Waals surface area contributed by atoms with Crippen molar-refractivity contribution in [3.8, 4) is 11.3 Å². The Labute approximate surface area is 185 Å². The van der Waals surface area contributed by atoms with Crippen molar-refractivity contribution in [3.63, 3.8) is 0 Å². The molecule has 160 valence electrons. The summed E-state index contributed by atoms with van der Waals surface area (Å²) in [5.41, 5.74) is 13.3. The first kappa shape index (κ1) is 21.2. The Morgan fingerprint density at radius 3 is 2.58 bits per heavy atom. The molecule has 1 aliphatic rings. The molecule has 0 saturated heterocycles. The maximum atomic E-state index is 13.0. The number of primary amides is 1. The summed E-state index contributed by atoms with van der Waals surface area (Å²) in [5.74, 6) is -0.766. The molecule has 31 heavy (non-hydrogen) atoms. The fourth-order valence-electron chi connectivity index (χ4n) is 4.42. The van der Waals surface area contributed by atoms with Crippen LogP contribution in [-0.2, 0) is 5.41 Å². The van der Waals surface area contributed by atoms with E-state index in [1.54, 1.807) is 18.5 Å². The fraction of sp³-hybridized carbons (Fsp3) is 0.304. The Hall–Kier alpha value is -3.03. The van der Waals surface area contributed by atoms with Crippen LogP contribution in [-0.4, -0.2) is 27.2 Å². The summed E-state index contributed by atoms with van der Waals surface area (Å²) in [5, 5.41) is 5.25. The zero-order valence-corrected chi connectivity index (χ0v) is 17.8. The molecule has 3 aromatic rings. The molecule has 1 saturated carbocycles. The predicted octanol–water partition coefficient (Wildman–Crippen LogP) is 3.07. The number of hydrogen-bond acceptors (Lipinski definition) is 5. The number of nitrogens with zero attached hydrogens (tertiary/aromatic N) is 3. The lowest BCUT2D eigenvalue weighted by Gasteiger charge is -2.40. The second kappa shape index (κ2) is 8.61. The van der Waals surface area contributed by atoms with Gasteiger partial charge in [0, 0.05) is 34.9 Å². The van der Waals surface area contributed by atoms with E-state index in [2.05, 4.69) is 16.1 Å². The minimum Gasteiger partial charge on any atom is -0.365 e. The Bertz CT molecular complexity index is 1150. The lowest BCUT2D eigenvalue weighted by atomic mass is 9.68. The van der Waals surface area contributed by atoms with E-state index in [0.717, 1.165) is 18.4 Å². The van der Waals surface area contributed by atoms with Crippen LogP contribution in [0.1, 0.15) is 47.6 Å². The molecule has 0 unspecified atom stereocenters. The van der Waals surface area contributed by atoms with Crippen LogP contribution < -0.4 is 17.0 Å². The Balaban J connectivity index is 1.69. The number of carbonyl (C=O) groups excluding carboxylic acids is 1. The SMILES string of the molecule is NC[C@]1(c2cccc(Cl)c2)CC[C@@H](n2nc(-c3cccnc3)cc(C(N)=O)c2=O)CC1. The highest BCUT2D eigenvalue weighted by Crippen LogP contribution is 2.42. The van der Waals surface area contributed by atoms with Crippen LogP contribution in [0.25, 0.3) is 11.3 Å². The highest BCUT2D eigenvalue weighted by atomic mass is 35.5. The lowest BCUT2D eigenvalue weighted by Crippen LogP contribution is -2.42. The van der Waals surface area contributed by atoms with Crippen molar-refractivity contribution in [2.24, 2.45) is 11.5 Å². The monoisotopic (exact) mass is 437 g/mol. The van der Waals surface area contributed by atoms with Crippen LogP contribution in [0.3, 0.4) is 0 Å². The molecule has 8 heteroatoms. The third-order valence-corrected chi connectivity index (χ3v) is 6.48. The molecular weight excluding hydrogens is 414 g/mol. The van der Waals surface area contributed by atoms with E-state index in [-0.39, 0.29) is 17.0 Å². The van der Waals surface area contributed by atoms with Gasteiger partial charge in [-0.05, 0) is 61.6 Å². The minimum atomic E-state index is -0.766. The summed E-state index contributed by atoms with van der Waals surface area (Å²) in [7, 11) is 0. The minimum absolute atomic E-state index is 0.0700. The summed E-state index contributed by atoms with van der Waals surface area (Å²) in [6, 6.07) is 12.7. The molecule has 4 N–H and O–H groups in total. The van der Waals surface area contributed by atoms with E-state index in [1.807, 2.05) is 24.3 Å². The van der Waals surface area contributed by atoms with E-state index >= 15 is 0 Å². The summed E-state index contributed by atoms with van der Waals surface area (Å²) < 4.78 is 1.42. The molecule has 0 atom stereocenters. The number of halogens is 1. The number of benzene rings is 1. The molecule has 0 bridgehead atoms. The number of hydrogen-bond donors (Lipinski definition) is 2. The number of amides is 1. The Kier molecular flexibility index (Phi) is 5.89. The first-order chi connectivity index (χ1) is 14.9. The molecule has 1 aromatic carbocycles. The van der Waals surface area contributed by atoms with Gasteiger partial charge in [0.25, 0.3) is 11.5 Å². The first-order valence-corrected chi connectivity index (χ1v) is 10.6. The van der Waals surface area contributed by atoms with Gasteiger partial charge in [0.05, 0.1) is 11.7 Å². The highest BCUT2D eigenvalue weighted by molar-refractivity contribution is 6.30. The maximum absolute atomic E-state index is 13.0. The van der Waals surface area contributed by atoms with Gasteiger partial charge in [-0.25, -0.2) is 4.68 Å². The van der Waals surface area contributed by atoms with E-state index in [4.69, 9.17) is 23.1 Å². The molecule has 4 rings (SSSR count). The molecule has 2 heterocycles. The Morgan fingerprint density at radius 1 is 1.19 bits per heavy atom. The van der Waals surface area contributed by atoms with Crippen molar-refractivity contribution in [2.75, 3.05) is 6.54 Å². The standard InChI is InChI=1S/C23H24ClN5O2/c24-17-5-1-4-16(11-17)23(14-25)8-6-18(7-9-23)29-22(31)19(21(26)30)12-20(28-29)15-3-2-10-27-13-15/h1-5,10-13,18H,6-9,14,25H2,(H2,26,30)/t18-,23+. The van der Waals surface area contributed by atoms with E-state index in [1.165, 1.54) is 10.7 Å². The van der Waals surface area contributed by atoms with Gasteiger partial charge < -0.3 is 11.5 Å². The number of aromatic nitrogens is 3. The van der Waals surface area contributed by atoms with Crippen molar-refractivity contribution in [2.45, 2.75) is 37.1 Å². The molecular formula is C23H24ClN5O2. The van der Waals surface area contributed by atoms with Gasteiger partial charge in [-0.2, -0.15) is 5.10 Å². The normalized spacial score (nSPS) is 21.0. The number of pyridine rings is 1. The van der Waals surface area contributed by atoms with Gasteiger partial charge in [-0.15, -0.1) is 0 Å². The van der Waals surface area contributed by atoms with E-state index in [0.29, 0.717) is 35.7 Å². The quantitative estimate of drug-likeness (QED) is 0.636. The van der Waals surface area contributed by atoms with Gasteiger partial charge in [0.1, 0.15) is 5.56 Å². The average molecular weight is 438 g/mol. The zero-order chi connectivity index (χ0) is 22.0. The molecule has 2 aromatic heterocycles. The van der Waals surface area contributed by atoms with E-state index < -0.39 is 11.5 Å². The Morgan fingerprint density at radius 2 is 1.97 bits per heavy atom. The van der Waals surface area contributed by atoms with Crippen LogP contribution >= 0.6 is 11.6 Å². The van der Waals surface area contributed by atoms with Crippen LogP contribution in [0.5, 0.6) is 0 Å². The lowest BCUT2D eigenvalue weighted by molar-refractivity contribution is 0.0997. The van der Waals surface area contributed by atoms with Gasteiger partial charge in [0.15, 0.2) is 0 Å². The number of carbonyl (C=O) groups is 1. The van der Waals surface area contributed by atoms with Crippen molar-refractivity contribution in [3.05, 3.63) is 81.4 Å². The largest absolute Gasteiger partial charge is 0.365 e. The van der Waals surface area contributed by atoms with Gasteiger partial charge in [0.2, 0.25) is 0 Å². The molecule has 0 radical (unpaired) electrons. The van der Waals surface area contributed by atoms with Crippen molar-refractivity contribution >= 4 is 17.5 Å². The average Bonchev–Trinajstić information content (AvgIpc) is 2.80. The summed E-state index contributed by atoms with van der Waals surface area (Å²) in [6.45, 7) is 0.491. The second-order valence-electron chi connectivity index (χ2n) is 8.02. The second-order valence-corrected chi connectivity index (χ2v) is 8.46. The summed E-state index contributed by atoms with van der Waals surface area (Å²) >= 11 is 6.21. The van der Waals surface area contributed by atoms with Crippen molar-refractivity contribution in [1.29, 1.82) is 0 Å². The number of nitrogens with two attached hydrogens (primary N) is 2. The topological polar surface area (TPSA) is 117 Å². The van der Waals surface area contributed by atoms with Crippen molar-refractivity contribution < 1.29 is 4.79 Å².